The highest BCUT2D eigenvalue weighted by Crippen LogP contribution is 1.70. The number of amides is 2. The first kappa shape index (κ1) is 15.0. The molecule has 8 nitrogen and oxygen atoms in total. The van der Waals surface area contributed by atoms with Crippen LogP contribution in [0.3, 0.4) is 0 Å². The Morgan fingerprint density at radius 3 is 1.57 bits per heavy atom. The maximum atomic E-state index is 10.3. The van der Waals surface area contributed by atoms with Crippen molar-refractivity contribution in [1.82, 2.24) is 10.9 Å². The van der Waals surface area contributed by atoms with Gasteiger partial charge in [0.1, 0.15) is 0 Å². The number of carbonyl (C=O) groups is 2. The van der Waals surface area contributed by atoms with E-state index in [0.29, 0.717) is 6.54 Å². The number of nitrogens with two attached hydrogens (primary N) is 3. The first-order valence-electron chi connectivity index (χ1n) is 3.62. The van der Waals surface area contributed by atoms with Gasteiger partial charge in [0.15, 0.2) is 0 Å². The normalized spacial score (nSPS) is 8.86. The van der Waals surface area contributed by atoms with Crippen molar-refractivity contribution in [3.05, 3.63) is 12.2 Å². The molecule has 0 aliphatic rings. The zero-order valence-electron chi connectivity index (χ0n) is 7.56. The number of rotatable bonds is 3. The van der Waals surface area contributed by atoms with Crippen LogP contribution >= 0.6 is 0 Å². The van der Waals surface area contributed by atoms with E-state index in [1.165, 1.54) is 0 Å². The minimum atomic E-state index is -0.566. The zero-order valence-corrected chi connectivity index (χ0v) is 7.56. The Bertz CT molecular complexity index is 174. The van der Waals surface area contributed by atoms with Crippen LogP contribution < -0.4 is 28.3 Å². The van der Waals surface area contributed by atoms with Crippen LogP contribution in [-0.2, 0) is 9.59 Å². The standard InChI is InChI=1S/C4H8N4O2.C2H7NO/c5-7-3(9)1-2-4(10)8-6;3-1-2-4/h1-2H,5-6H2,(H,7,9)(H,8,10);4H,1-3H2/b2-1-;. The van der Waals surface area contributed by atoms with Crippen LogP contribution in [0.25, 0.3) is 0 Å². The van der Waals surface area contributed by atoms with Crippen molar-refractivity contribution >= 4 is 11.8 Å². The lowest BCUT2D eigenvalue weighted by Gasteiger charge is -1.89. The number of hydrogen-bond acceptors (Lipinski definition) is 6. The predicted octanol–water partition coefficient (Wildman–Crippen LogP) is -3.54. The van der Waals surface area contributed by atoms with E-state index < -0.39 is 11.8 Å². The largest absolute Gasteiger partial charge is 0.395 e. The highest BCUT2D eigenvalue weighted by atomic mass is 16.3. The molecule has 0 saturated heterocycles. The van der Waals surface area contributed by atoms with Gasteiger partial charge in [-0.3, -0.25) is 20.4 Å². The minimum Gasteiger partial charge on any atom is -0.395 e. The van der Waals surface area contributed by atoms with E-state index >= 15 is 0 Å². The molecular formula is C6H15N5O3. The molecule has 0 aliphatic carbocycles. The average Bonchev–Trinajstić information content (AvgIpc) is 2.25. The number of carbonyl (C=O) groups excluding carboxylic acids is 2. The van der Waals surface area contributed by atoms with Gasteiger partial charge in [-0.15, -0.1) is 0 Å². The maximum absolute atomic E-state index is 10.3. The lowest BCUT2D eigenvalue weighted by molar-refractivity contribution is -0.118. The molecule has 0 aromatic carbocycles. The third kappa shape index (κ3) is 13.1. The molecular weight excluding hydrogens is 190 g/mol. The number of hydrogen-bond donors (Lipinski definition) is 6. The molecule has 0 aliphatic heterocycles. The van der Waals surface area contributed by atoms with Gasteiger partial charge in [0.05, 0.1) is 6.61 Å². The number of nitrogens with one attached hydrogen (secondary N) is 2. The first-order chi connectivity index (χ1) is 6.62. The molecule has 0 radical (unpaired) electrons. The van der Waals surface area contributed by atoms with Crippen LogP contribution in [0.2, 0.25) is 0 Å². The van der Waals surface area contributed by atoms with Crippen LogP contribution in [0.1, 0.15) is 0 Å². The van der Waals surface area contributed by atoms with Crippen LogP contribution in [0, 0.1) is 0 Å². The van der Waals surface area contributed by atoms with E-state index in [-0.39, 0.29) is 6.61 Å². The van der Waals surface area contributed by atoms with Crippen LogP contribution in [0.5, 0.6) is 0 Å². The molecule has 9 N–H and O–H groups in total. The summed E-state index contributed by atoms with van der Waals surface area (Å²) in [5.74, 6) is 8.24. The van der Waals surface area contributed by atoms with Gasteiger partial charge in [0.2, 0.25) is 0 Å². The Labute approximate surface area is 81.1 Å². The molecule has 0 atom stereocenters. The van der Waals surface area contributed by atoms with Gasteiger partial charge in [-0.05, 0) is 0 Å². The van der Waals surface area contributed by atoms with E-state index in [9.17, 15) is 9.59 Å². The van der Waals surface area contributed by atoms with Gasteiger partial charge in [-0.2, -0.15) is 0 Å². The van der Waals surface area contributed by atoms with Crippen LogP contribution in [-0.4, -0.2) is 30.1 Å². The fraction of sp³-hybridized carbons (Fsp3) is 0.333. The number of aliphatic hydroxyl groups excluding tert-OH is 1. The summed E-state index contributed by atoms with van der Waals surface area (Å²) < 4.78 is 0. The van der Waals surface area contributed by atoms with E-state index in [1.807, 2.05) is 0 Å². The quantitative estimate of drug-likeness (QED) is 0.121. The molecule has 0 aromatic heterocycles. The summed E-state index contributed by atoms with van der Waals surface area (Å²) in [5.41, 5.74) is 8.37. The summed E-state index contributed by atoms with van der Waals surface area (Å²) >= 11 is 0. The van der Waals surface area contributed by atoms with E-state index in [4.69, 9.17) is 10.8 Å². The second-order valence-corrected chi connectivity index (χ2v) is 1.86. The maximum Gasteiger partial charge on any atom is 0.258 e. The van der Waals surface area contributed by atoms with Gasteiger partial charge < -0.3 is 10.8 Å². The van der Waals surface area contributed by atoms with Crippen molar-refractivity contribution in [2.24, 2.45) is 17.4 Å². The second kappa shape index (κ2) is 11.5. The highest BCUT2D eigenvalue weighted by molar-refractivity contribution is 5.96. The van der Waals surface area contributed by atoms with Crippen molar-refractivity contribution in [2.75, 3.05) is 13.2 Å². The predicted molar refractivity (Wildman–Crippen MR) is 49.9 cm³/mol. The SMILES string of the molecule is NCCO.NNC(=O)/C=C\C(=O)NN. The average molecular weight is 205 g/mol. The van der Waals surface area contributed by atoms with Gasteiger partial charge in [0.25, 0.3) is 11.8 Å². The van der Waals surface area contributed by atoms with Crippen molar-refractivity contribution < 1.29 is 14.7 Å². The van der Waals surface area contributed by atoms with Gasteiger partial charge >= 0.3 is 0 Å². The summed E-state index contributed by atoms with van der Waals surface area (Å²) in [7, 11) is 0. The summed E-state index contributed by atoms with van der Waals surface area (Å²) in [6.07, 6.45) is 1.92. The van der Waals surface area contributed by atoms with Crippen LogP contribution in [0.15, 0.2) is 12.2 Å². The lowest BCUT2D eigenvalue weighted by atomic mass is 10.4. The number of aliphatic hydroxyl groups is 1. The molecule has 82 valence electrons. The first-order valence-corrected chi connectivity index (χ1v) is 3.62. The lowest BCUT2D eigenvalue weighted by Crippen LogP contribution is -2.30. The summed E-state index contributed by atoms with van der Waals surface area (Å²) in [5, 5.41) is 7.75. The summed E-state index contributed by atoms with van der Waals surface area (Å²) in [6.45, 7) is 0.472. The minimum absolute atomic E-state index is 0.0972. The third-order valence-corrected chi connectivity index (χ3v) is 0.800. The molecule has 0 fully saturated rings. The second-order valence-electron chi connectivity index (χ2n) is 1.86. The monoisotopic (exact) mass is 205 g/mol. The van der Waals surface area contributed by atoms with E-state index in [0.717, 1.165) is 12.2 Å². The smallest absolute Gasteiger partial charge is 0.258 e. The van der Waals surface area contributed by atoms with Gasteiger partial charge in [-0.25, -0.2) is 11.7 Å². The highest BCUT2D eigenvalue weighted by Gasteiger charge is 1.91. The van der Waals surface area contributed by atoms with Crippen LogP contribution in [0.4, 0.5) is 0 Å². The Kier molecular flexibility index (Phi) is 12.4. The fourth-order valence-electron chi connectivity index (χ4n) is 0.248. The molecule has 0 aromatic rings. The zero-order chi connectivity index (χ0) is 11.4. The molecule has 2 amide bonds. The Balaban J connectivity index is 0. The van der Waals surface area contributed by atoms with Crippen molar-refractivity contribution in [3.8, 4) is 0 Å². The molecule has 0 bridgehead atoms. The van der Waals surface area contributed by atoms with Crippen molar-refractivity contribution in [3.63, 3.8) is 0 Å². The Hall–Kier alpha value is -1.48. The summed E-state index contributed by atoms with van der Waals surface area (Å²) in [6, 6.07) is 0. The van der Waals surface area contributed by atoms with Crippen molar-refractivity contribution in [2.45, 2.75) is 0 Å². The summed E-state index contributed by atoms with van der Waals surface area (Å²) in [4.78, 5) is 20.6. The van der Waals surface area contributed by atoms with Gasteiger partial charge in [0, 0.05) is 18.7 Å². The Morgan fingerprint density at radius 2 is 1.43 bits per heavy atom. The molecule has 0 unspecified atom stereocenters. The van der Waals surface area contributed by atoms with Gasteiger partial charge in [-0.1, -0.05) is 0 Å². The molecule has 0 rings (SSSR count). The fourth-order valence-corrected chi connectivity index (χ4v) is 0.248. The topological polar surface area (TPSA) is 156 Å². The third-order valence-electron chi connectivity index (χ3n) is 0.800. The number of hydrazine groups is 2. The van der Waals surface area contributed by atoms with Crippen molar-refractivity contribution in [1.29, 1.82) is 0 Å². The van der Waals surface area contributed by atoms with E-state index in [1.54, 1.807) is 10.9 Å². The molecule has 8 heteroatoms. The molecule has 0 heterocycles. The molecule has 0 saturated carbocycles. The van der Waals surface area contributed by atoms with E-state index in [2.05, 4.69) is 11.7 Å². The molecule has 14 heavy (non-hydrogen) atoms. The molecule has 0 spiro atoms. The Morgan fingerprint density at radius 1 is 1.14 bits per heavy atom.